The molecule has 0 unspecified atom stereocenters. The molecule has 0 spiro atoms. The Hall–Kier alpha value is -3.87. The highest BCUT2D eigenvalue weighted by Crippen LogP contribution is 2.33. The second-order valence-corrected chi connectivity index (χ2v) is 8.05. The van der Waals surface area contributed by atoms with Crippen LogP contribution in [0.25, 0.3) is 11.3 Å². The Labute approximate surface area is 185 Å². The molecule has 1 aliphatic heterocycles. The van der Waals surface area contributed by atoms with Crippen LogP contribution in [-0.4, -0.2) is 52.9 Å². The first-order valence-electron chi connectivity index (χ1n) is 10.5. The molecule has 1 aliphatic carbocycles. The molecule has 10 heteroatoms. The number of amides is 3. The zero-order chi connectivity index (χ0) is 22.8. The van der Waals surface area contributed by atoms with Gasteiger partial charge in [0, 0.05) is 18.0 Å². The van der Waals surface area contributed by atoms with Crippen molar-refractivity contribution < 1.29 is 19.1 Å². The number of aromatic nitrogens is 2. The van der Waals surface area contributed by atoms with E-state index in [2.05, 4.69) is 26.5 Å². The number of hydrogen-bond donors (Lipinski definition) is 2. The van der Waals surface area contributed by atoms with Crippen LogP contribution in [0.2, 0.25) is 0 Å². The van der Waals surface area contributed by atoms with Crippen molar-refractivity contribution in [2.45, 2.75) is 32.2 Å². The van der Waals surface area contributed by atoms with Gasteiger partial charge in [0.1, 0.15) is 5.69 Å². The molecule has 1 fully saturated rings. The molecule has 1 aromatic carbocycles. The van der Waals surface area contributed by atoms with Crippen LogP contribution in [0.5, 0.6) is 0 Å². The number of nitrogens with zero attached hydrogens (tertiary/aromatic N) is 4. The maximum Gasteiger partial charge on any atom is 0.408 e. The van der Waals surface area contributed by atoms with Gasteiger partial charge in [-0.3, -0.25) is 14.3 Å². The second-order valence-electron chi connectivity index (χ2n) is 8.05. The smallest absolute Gasteiger partial charge is 0.408 e. The fourth-order valence-electron chi connectivity index (χ4n) is 3.88. The standard InChI is InChI=1S/C22H24N6O4/c1-13-11-27(12-24-22(31)32-2)21(30)19-9-18(26-28(13)19)16-7-6-14(10-23)8-17(16)25-20(29)15-4-3-5-15/h6-9,13,15H,3-5,11-12H2,1-2H3,(H,24,31)(H,25,29)/t13-/m0/s1. The van der Waals surface area contributed by atoms with E-state index >= 15 is 0 Å². The van der Waals surface area contributed by atoms with Crippen LogP contribution in [0.4, 0.5) is 10.5 Å². The summed E-state index contributed by atoms with van der Waals surface area (Å²) < 4.78 is 6.22. The van der Waals surface area contributed by atoms with E-state index in [1.54, 1.807) is 28.9 Å². The van der Waals surface area contributed by atoms with Gasteiger partial charge in [0.05, 0.1) is 42.8 Å². The number of nitrogens with one attached hydrogen (secondary N) is 2. The van der Waals surface area contributed by atoms with Crippen molar-refractivity contribution in [2.24, 2.45) is 5.92 Å². The summed E-state index contributed by atoms with van der Waals surface area (Å²) in [5.41, 5.74) is 2.46. The van der Waals surface area contributed by atoms with E-state index in [4.69, 9.17) is 0 Å². The molecule has 0 bridgehead atoms. The van der Waals surface area contributed by atoms with Gasteiger partial charge in [0.25, 0.3) is 5.91 Å². The first-order valence-corrected chi connectivity index (χ1v) is 10.5. The van der Waals surface area contributed by atoms with Crippen LogP contribution in [0.1, 0.15) is 48.3 Å². The molecule has 10 nitrogen and oxygen atoms in total. The molecule has 0 saturated heterocycles. The van der Waals surface area contributed by atoms with Crippen LogP contribution in [-0.2, 0) is 9.53 Å². The van der Waals surface area contributed by atoms with Gasteiger partial charge in [-0.05, 0) is 44.0 Å². The third-order valence-corrected chi connectivity index (χ3v) is 5.90. The van der Waals surface area contributed by atoms with Crippen molar-refractivity contribution in [3.8, 4) is 17.3 Å². The topological polar surface area (TPSA) is 129 Å². The molecular formula is C22H24N6O4. The molecule has 4 rings (SSSR count). The molecular weight excluding hydrogens is 412 g/mol. The van der Waals surface area contributed by atoms with Crippen LogP contribution < -0.4 is 10.6 Å². The lowest BCUT2D eigenvalue weighted by atomic mass is 9.84. The van der Waals surface area contributed by atoms with Crippen LogP contribution in [0.15, 0.2) is 24.3 Å². The molecule has 0 radical (unpaired) electrons. The molecule has 32 heavy (non-hydrogen) atoms. The van der Waals surface area contributed by atoms with Crippen molar-refractivity contribution in [3.63, 3.8) is 0 Å². The predicted molar refractivity (Wildman–Crippen MR) is 115 cm³/mol. The van der Waals surface area contributed by atoms with E-state index in [0.29, 0.717) is 34.7 Å². The average molecular weight is 436 g/mol. The Balaban J connectivity index is 1.64. The SMILES string of the molecule is COC(=O)NCN1C[C@H](C)n2nc(-c3ccc(C#N)cc3NC(=O)C3CCC3)cc2C1=O. The van der Waals surface area contributed by atoms with Crippen LogP contribution in [0, 0.1) is 17.2 Å². The summed E-state index contributed by atoms with van der Waals surface area (Å²) in [7, 11) is 1.26. The van der Waals surface area contributed by atoms with Crippen molar-refractivity contribution in [1.82, 2.24) is 20.0 Å². The molecule has 2 aliphatic rings. The lowest BCUT2D eigenvalue weighted by Gasteiger charge is -2.31. The lowest BCUT2D eigenvalue weighted by molar-refractivity contribution is -0.122. The first kappa shape index (κ1) is 21.4. The Morgan fingerprint density at radius 1 is 1.31 bits per heavy atom. The number of nitriles is 1. The van der Waals surface area contributed by atoms with Gasteiger partial charge in [0.2, 0.25) is 5.91 Å². The molecule has 166 valence electrons. The van der Waals surface area contributed by atoms with E-state index in [9.17, 15) is 19.6 Å². The van der Waals surface area contributed by atoms with Gasteiger partial charge in [-0.2, -0.15) is 10.4 Å². The quantitative estimate of drug-likeness (QED) is 0.741. The van der Waals surface area contributed by atoms with E-state index < -0.39 is 6.09 Å². The highest BCUT2D eigenvalue weighted by Gasteiger charge is 2.32. The number of benzene rings is 1. The summed E-state index contributed by atoms with van der Waals surface area (Å²) in [6.07, 6.45) is 2.14. The fourth-order valence-corrected chi connectivity index (χ4v) is 3.88. The summed E-state index contributed by atoms with van der Waals surface area (Å²) in [5, 5.41) is 19.4. The summed E-state index contributed by atoms with van der Waals surface area (Å²) in [4.78, 5) is 38.4. The predicted octanol–water partition coefficient (Wildman–Crippen LogP) is 2.49. The molecule has 2 heterocycles. The van der Waals surface area contributed by atoms with Gasteiger partial charge in [-0.15, -0.1) is 0 Å². The monoisotopic (exact) mass is 436 g/mol. The number of fused-ring (bicyclic) bond motifs is 1. The third-order valence-electron chi connectivity index (χ3n) is 5.90. The summed E-state index contributed by atoms with van der Waals surface area (Å²) in [5.74, 6) is -0.353. The van der Waals surface area contributed by atoms with E-state index in [1.165, 1.54) is 12.0 Å². The number of methoxy groups -OCH3 is 1. The van der Waals surface area contributed by atoms with Gasteiger partial charge < -0.3 is 20.3 Å². The minimum Gasteiger partial charge on any atom is -0.453 e. The molecule has 1 aromatic heterocycles. The zero-order valence-corrected chi connectivity index (χ0v) is 17.9. The second kappa shape index (κ2) is 8.70. The van der Waals surface area contributed by atoms with Crippen molar-refractivity contribution in [3.05, 3.63) is 35.5 Å². The van der Waals surface area contributed by atoms with Gasteiger partial charge in [-0.1, -0.05) is 6.42 Å². The van der Waals surface area contributed by atoms with Crippen LogP contribution >= 0.6 is 0 Å². The van der Waals surface area contributed by atoms with Crippen molar-refractivity contribution >= 4 is 23.6 Å². The number of carbonyl (C=O) groups is 3. The largest absolute Gasteiger partial charge is 0.453 e. The van der Waals surface area contributed by atoms with Crippen molar-refractivity contribution in [1.29, 1.82) is 5.26 Å². The molecule has 2 aromatic rings. The Bertz CT molecular complexity index is 1110. The highest BCUT2D eigenvalue weighted by atomic mass is 16.5. The minimum absolute atomic E-state index is 0.0127. The van der Waals surface area contributed by atoms with E-state index in [-0.39, 0.29) is 30.4 Å². The number of ether oxygens (including phenoxy) is 1. The first-order chi connectivity index (χ1) is 15.4. The molecule has 1 saturated carbocycles. The lowest BCUT2D eigenvalue weighted by Crippen LogP contribution is -2.47. The molecule has 3 amide bonds. The van der Waals surface area contributed by atoms with E-state index in [1.807, 2.05) is 6.92 Å². The van der Waals surface area contributed by atoms with Gasteiger partial charge >= 0.3 is 6.09 Å². The fraction of sp³-hybridized carbons (Fsp3) is 0.409. The summed E-state index contributed by atoms with van der Waals surface area (Å²) >= 11 is 0. The third kappa shape index (κ3) is 4.01. The summed E-state index contributed by atoms with van der Waals surface area (Å²) in [6, 6.07) is 8.65. The van der Waals surface area contributed by atoms with Gasteiger partial charge in [0.15, 0.2) is 0 Å². The molecule has 1 atom stereocenters. The number of alkyl carbamates (subject to hydrolysis) is 1. The Kier molecular flexibility index (Phi) is 5.81. The average Bonchev–Trinajstić information content (AvgIpc) is 3.19. The van der Waals surface area contributed by atoms with Crippen LogP contribution in [0.3, 0.4) is 0 Å². The number of carbonyl (C=O) groups excluding carboxylic acids is 3. The number of anilines is 1. The Morgan fingerprint density at radius 2 is 2.09 bits per heavy atom. The summed E-state index contributed by atoms with van der Waals surface area (Å²) in [6.45, 7) is 2.32. The van der Waals surface area contributed by atoms with Gasteiger partial charge in [-0.25, -0.2) is 4.79 Å². The normalized spacial score (nSPS) is 17.7. The maximum absolute atomic E-state index is 13.0. The number of hydrogen-bond acceptors (Lipinski definition) is 6. The highest BCUT2D eigenvalue weighted by molar-refractivity contribution is 5.98. The Morgan fingerprint density at radius 3 is 2.75 bits per heavy atom. The molecule has 2 N–H and O–H groups in total. The van der Waals surface area contributed by atoms with E-state index in [0.717, 1.165) is 19.3 Å². The minimum atomic E-state index is -0.616. The zero-order valence-electron chi connectivity index (χ0n) is 17.9. The van der Waals surface area contributed by atoms with Crippen molar-refractivity contribution in [2.75, 3.05) is 25.6 Å². The maximum atomic E-state index is 13.0. The number of rotatable bonds is 5.